The number of hydrogen-bond acceptors (Lipinski definition) is 5. The van der Waals surface area contributed by atoms with Crippen molar-refractivity contribution in [2.45, 2.75) is 38.5 Å². The van der Waals surface area contributed by atoms with Crippen molar-refractivity contribution in [1.82, 2.24) is 23.7 Å². The van der Waals surface area contributed by atoms with Crippen LogP contribution in [0.2, 0.25) is 0 Å². The van der Waals surface area contributed by atoms with E-state index < -0.39 is 12.1 Å². The lowest BCUT2D eigenvalue weighted by atomic mass is 10.2. The summed E-state index contributed by atoms with van der Waals surface area (Å²) in [4.78, 5) is 32.4. The third kappa shape index (κ3) is 5.24. The van der Waals surface area contributed by atoms with Crippen molar-refractivity contribution in [3.63, 3.8) is 0 Å². The van der Waals surface area contributed by atoms with Gasteiger partial charge in [-0.15, -0.1) is 0 Å². The molecular weight excluding hydrogens is 470 g/mol. The van der Waals surface area contributed by atoms with Crippen molar-refractivity contribution in [3.8, 4) is 0 Å². The zero-order valence-electron chi connectivity index (χ0n) is 20.5. The average molecular weight is 500 g/mol. The third-order valence-electron chi connectivity index (χ3n) is 6.57. The molecule has 37 heavy (non-hydrogen) atoms. The number of carbonyl (C=O) groups is 2. The Labute approximate surface area is 213 Å². The van der Waals surface area contributed by atoms with Gasteiger partial charge < -0.3 is 29.9 Å². The van der Waals surface area contributed by atoms with Gasteiger partial charge in [-0.3, -0.25) is 9.59 Å². The number of rotatable bonds is 10. The van der Waals surface area contributed by atoms with Gasteiger partial charge in [0.1, 0.15) is 17.7 Å². The fraction of sp³-hybridized carbons (Fsp3) is 0.259. The summed E-state index contributed by atoms with van der Waals surface area (Å²) in [5, 5.41) is 14.5. The Morgan fingerprint density at radius 2 is 1.97 bits per heavy atom. The van der Waals surface area contributed by atoms with Crippen LogP contribution >= 0.6 is 0 Å². The molecule has 5 rings (SSSR count). The fourth-order valence-electron chi connectivity index (χ4n) is 4.54. The predicted octanol–water partition coefficient (Wildman–Crippen LogP) is 3.37. The Morgan fingerprint density at radius 1 is 1.14 bits per heavy atom. The second-order valence-corrected chi connectivity index (χ2v) is 9.10. The van der Waals surface area contributed by atoms with E-state index >= 15 is 0 Å². The Kier molecular flexibility index (Phi) is 6.74. The van der Waals surface area contributed by atoms with E-state index in [-0.39, 0.29) is 11.6 Å². The number of aryl methyl sites for hydroxylation is 3. The van der Waals surface area contributed by atoms with Gasteiger partial charge in [0.2, 0.25) is 5.91 Å². The van der Waals surface area contributed by atoms with E-state index in [0.717, 1.165) is 33.4 Å². The number of carbonyl (C=O) groups excluding carboxylic acids is 2. The van der Waals surface area contributed by atoms with Gasteiger partial charge in [0.25, 0.3) is 5.91 Å². The minimum absolute atomic E-state index is 0.0664. The van der Waals surface area contributed by atoms with Crippen molar-refractivity contribution >= 4 is 39.4 Å². The number of aliphatic hydroxyl groups is 1. The Bertz CT molecular complexity index is 1580. The summed E-state index contributed by atoms with van der Waals surface area (Å²) in [5.41, 5.74) is 9.06. The Morgan fingerprint density at radius 3 is 2.76 bits per heavy atom. The van der Waals surface area contributed by atoms with Crippen LogP contribution in [0.5, 0.6) is 0 Å². The summed E-state index contributed by atoms with van der Waals surface area (Å²) >= 11 is 0. The zero-order valence-corrected chi connectivity index (χ0v) is 20.5. The van der Waals surface area contributed by atoms with E-state index in [4.69, 9.17) is 5.73 Å². The molecule has 0 bridgehead atoms. The number of anilines is 1. The number of fused-ring (bicyclic) bond motifs is 2. The van der Waals surface area contributed by atoms with Crippen LogP contribution in [-0.2, 0) is 24.8 Å². The molecule has 10 heteroatoms. The number of imidazole rings is 2. The standard InChI is InChI=1S/C27H29N7O3/c1-32-22-6-3-2-5-20(22)31-24(32)10-11-25(35)30-19-9-8-18-12-14-33(23(18)15-19)13-4-7-26(36)34-16-21(27(28)37)29-17-34/h2-3,5-6,8-9,12,14-17,26,36H,4,7,10-11,13H2,1H3,(H2,28,37)(H,30,35)/t26-/m1/s1. The first-order valence-corrected chi connectivity index (χ1v) is 12.2. The third-order valence-corrected chi connectivity index (χ3v) is 6.57. The number of primary amides is 1. The van der Waals surface area contributed by atoms with E-state index in [1.165, 1.54) is 17.1 Å². The lowest BCUT2D eigenvalue weighted by Crippen LogP contribution is -2.13. The van der Waals surface area contributed by atoms with Gasteiger partial charge in [-0.2, -0.15) is 0 Å². The van der Waals surface area contributed by atoms with Crippen LogP contribution in [0.1, 0.15) is 41.8 Å². The van der Waals surface area contributed by atoms with Crippen molar-refractivity contribution < 1.29 is 14.7 Å². The van der Waals surface area contributed by atoms with Gasteiger partial charge in [0, 0.05) is 44.5 Å². The molecule has 0 fully saturated rings. The number of amides is 2. The van der Waals surface area contributed by atoms with Crippen LogP contribution in [-0.4, -0.2) is 40.6 Å². The van der Waals surface area contributed by atoms with Gasteiger partial charge in [-0.25, -0.2) is 9.97 Å². The molecule has 3 aromatic heterocycles. The summed E-state index contributed by atoms with van der Waals surface area (Å²) in [6, 6.07) is 15.8. The number of nitrogens with zero attached hydrogens (tertiary/aromatic N) is 5. The zero-order chi connectivity index (χ0) is 25.9. The summed E-state index contributed by atoms with van der Waals surface area (Å²) in [5.74, 6) is 0.186. The van der Waals surface area contributed by atoms with E-state index in [1.807, 2.05) is 66.3 Å². The minimum Gasteiger partial charge on any atom is -0.373 e. The first-order chi connectivity index (χ1) is 17.9. The largest absolute Gasteiger partial charge is 0.373 e. The number of hydrogen-bond donors (Lipinski definition) is 3. The van der Waals surface area contributed by atoms with Crippen molar-refractivity contribution in [1.29, 1.82) is 0 Å². The van der Waals surface area contributed by atoms with Gasteiger partial charge in [-0.05, 0) is 48.6 Å². The molecule has 3 heterocycles. The lowest BCUT2D eigenvalue weighted by molar-refractivity contribution is -0.116. The van der Waals surface area contributed by atoms with Gasteiger partial charge in [0.05, 0.1) is 22.9 Å². The minimum atomic E-state index is -0.798. The lowest BCUT2D eigenvalue weighted by Gasteiger charge is -2.13. The molecule has 2 aromatic carbocycles. The maximum absolute atomic E-state index is 12.7. The average Bonchev–Trinajstić information content (AvgIpc) is 3.61. The first kappa shape index (κ1) is 24.3. The van der Waals surface area contributed by atoms with Crippen LogP contribution in [0.25, 0.3) is 21.9 Å². The molecule has 10 nitrogen and oxygen atoms in total. The molecule has 0 saturated heterocycles. The number of nitrogens with two attached hydrogens (primary N) is 1. The SMILES string of the molecule is Cn1c(CCC(=O)Nc2ccc3ccn(CCC[C@@H](O)n4cnc(C(N)=O)c4)c3c2)nc2ccccc21. The van der Waals surface area contributed by atoms with E-state index in [9.17, 15) is 14.7 Å². The maximum atomic E-state index is 12.7. The van der Waals surface area contributed by atoms with Crippen molar-refractivity contribution in [2.24, 2.45) is 12.8 Å². The summed E-state index contributed by atoms with van der Waals surface area (Å²) in [7, 11) is 1.97. The molecule has 0 spiro atoms. The second-order valence-electron chi connectivity index (χ2n) is 9.10. The van der Waals surface area contributed by atoms with Gasteiger partial charge in [-0.1, -0.05) is 18.2 Å². The highest BCUT2D eigenvalue weighted by molar-refractivity contribution is 5.94. The fourth-order valence-corrected chi connectivity index (χ4v) is 4.54. The number of aliphatic hydroxyl groups excluding tert-OH is 1. The number of aromatic nitrogens is 5. The molecule has 5 aromatic rings. The normalized spacial score (nSPS) is 12.3. The van der Waals surface area contributed by atoms with Crippen LogP contribution in [0.3, 0.4) is 0 Å². The highest BCUT2D eigenvalue weighted by atomic mass is 16.3. The van der Waals surface area contributed by atoms with Crippen LogP contribution < -0.4 is 11.1 Å². The molecule has 0 unspecified atom stereocenters. The summed E-state index contributed by atoms with van der Waals surface area (Å²) in [6.45, 7) is 0.683. The van der Waals surface area contributed by atoms with Crippen LogP contribution in [0.15, 0.2) is 67.3 Å². The maximum Gasteiger partial charge on any atom is 0.268 e. The van der Waals surface area contributed by atoms with E-state index in [0.29, 0.717) is 32.2 Å². The number of benzene rings is 2. The molecule has 0 aliphatic carbocycles. The summed E-state index contributed by atoms with van der Waals surface area (Å²) in [6.07, 6.45) is 6.11. The quantitative estimate of drug-likeness (QED) is 0.271. The second kappa shape index (κ2) is 10.3. The van der Waals surface area contributed by atoms with Crippen molar-refractivity contribution in [2.75, 3.05) is 5.32 Å². The number of para-hydroxylation sites is 2. The molecule has 4 N–H and O–H groups in total. The molecule has 0 aliphatic heterocycles. The first-order valence-electron chi connectivity index (χ1n) is 12.2. The monoisotopic (exact) mass is 499 g/mol. The topological polar surface area (TPSA) is 133 Å². The van der Waals surface area contributed by atoms with Crippen LogP contribution in [0, 0.1) is 0 Å². The molecule has 0 aliphatic rings. The van der Waals surface area contributed by atoms with E-state index in [2.05, 4.69) is 19.9 Å². The van der Waals surface area contributed by atoms with Crippen molar-refractivity contribution in [3.05, 3.63) is 78.8 Å². The molecule has 0 saturated carbocycles. The predicted molar refractivity (Wildman–Crippen MR) is 141 cm³/mol. The molecule has 0 radical (unpaired) electrons. The van der Waals surface area contributed by atoms with Gasteiger partial charge >= 0.3 is 0 Å². The highest BCUT2D eigenvalue weighted by Gasteiger charge is 2.13. The molecule has 1 atom stereocenters. The van der Waals surface area contributed by atoms with Crippen LogP contribution in [0.4, 0.5) is 5.69 Å². The molecular formula is C27H29N7O3. The Balaban J connectivity index is 1.18. The molecule has 190 valence electrons. The molecule has 2 amide bonds. The smallest absolute Gasteiger partial charge is 0.268 e. The van der Waals surface area contributed by atoms with Gasteiger partial charge in [0.15, 0.2) is 0 Å². The Hall–Kier alpha value is -4.44. The summed E-state index contributed by atoms with van der Waals surface area (Å²) < 4.78 is 5.61. The highest BCUT2D eigenvalue weighted by Crippen LogP contribution is 2.22. The number of nitrogens with one attached hydrogen (secondary N) is 1. The van der Waals surface area contributed by atoms with E-state index in [1.54, 1.807) is 0 Å².